The average molecular weight is 351 g/mol. The third-order valence-electron chi connectivity index (χ3n) is 4.76. The van der Waals surface area contributed by atoms with Crippen LogP contribution in [0.4, 0.5) is 4.79 Å². The second-order valence-corrected chi connectivity index (χ2v) is 6.74. The van der Waals surface area contributed by atoms with Crippen LogP contribution in [0.1, 0.15) is 17.0 Å². The van der Waals surface area contributed by atoms with Crippen molar-refractivity contribution in [3.05, 3.63) is 71.8 Å². The molecule has 1 saturated heterocycles. The van der Waals surface area contributed by atoms with Crippen molar-refractivity contribution in [3.63, 3.8) is 0 Å². The second kappa shape index (κ2) is 8.04. The molecule has 5 nitrogen and oxygen atoms in total. The molecule has 0 radical (unpaired) electrons. The van der Waals surface area contributed by atoms with E-state index < -0.39 is 0 Å². The zero-order valence-corrected chi connectivity index (χ0v) is 15.3. The zero-order valence-electron chi connectivity index (χ0n) is 15.3. The van der Waals surface area contributed by atoms with Crippen molar-refractivity contribution in [1.82, 2.24) is 14.7 Å². The summed E-state index contributed by atoms with van der Waals surface area (Å²) in [6, 6.07) is 19.8. The Morgan fingerprint density at radius 2 is 1.19 bits per heavy atom. The monoisotopic (exact) mass is 351 g/mol. The van der Waals surface area contributed by atoms with Crippen LogP contribution in [0, 0.1) is 0 Å². The van der Waals surface area contributed by atoms with Gasteiger partial charge in [0.25, 0.3) is 0 Å². The molecular formula is C21H25N3O2. The summed E-state index contributed by atoms with van der Waals surface area (Å²) >= 11 is 0. The number of nitrogens with zero attached hydrogens (tertiary/aromatic N) is 3. The number of piperazine rings is 1. The third kappa shape index (κ3) is 3.87. The predicted molar refractivity (Wildman–Crippen MR) is 102 cm³/mol. The van der Waals surface area contributed by atoms with Crippen molar-refractivity contribution in [2.75, 3.05) is 40.3 Å². The minimum atomic E-state index is -0.312. The molecule has 136 valence electrons. The Kier molecular flexibility index (Phi) is 5.56. The third-order valence-corrected chi connectivity index (χ3v) is 4.76. The Morgan fingerprint density at radius 3 is 1.62 bits per heavy atom. The lowest BCUT2D eigenvalue weighted by Gasteiger charge is -2.37. The van der Waals surface area contributed by atoms with Crippen LogP contribution in [0.25, 0.3) is 0 Å². The summed E-state index contributed by atoms with van der Waals surface area (Å²) in [4.78, 5) is 30.7. The highest BCUT2D eigenvalue weighted by Gasteiger charge is 2.31. The van der Waals surface area contributed by atoms with E-state index in [0.717, 1.165) is 11.1 Å². The molecular weight excluding hydrogens is 326 g/mol. The summed E-state index contributed by atoms with van der Waals surface area (Å²) in [5.74, 6) is -0.215. The SMILES string of the molecule is CN(C)C(=O)N1CCN(C(=O)C(c2ccccc2)c2ccccc2)CC1. The van der Waals surface area contributed by atoms with Crippen LogP contribution in [0.5, 0.6) is 0 Å². The van der Waals surface area contributed by atoms with Gasteiger partial charge >= 0.3 is 6.03 Å². The highest BCUT2D eigenvalue weighted by atomic mass is 16.2. The summed E-state index contributed by atoms with van der Waals surface area (Å²) in [6.45, 7) is 2.27. The van der Waals surface area contributed by atoms with E-state index >= 15 is 0 Å². The molecule has 0 N–H and O–H groups in total. The van der Waals surface area contributed by atoms with Gasteiger partial charge in [-0.15, -0.1) is 0 Å². The summed E-state index contributed by atoms with van der Waals surface area (Å²) < 4.78 is 0. The van der Waals surface area contributed by atoms with Crippen LogP contribution in [0.15, 0.2) is 60.7 Å². The summed E-state index contributed by atoms with van der Waals surface area (Å²) in [6.07, 6.45) is 0. The Morgan fingerprint density at radius 1 is 0.769 bits per heavy atom. The lowest BCUT2D eigenvalue weighted by molar-refractivity contribution is -0.133. The first kappa shape index (κ1) is 18.0. The maximum absolute atomic E-state index is 13.3. The molecule has 2 aromatic rings. The van der Waals surface area contributed by atoms with E-state index in [1.165, 1.54) is 0 Å². The van der Waals surface area contributed by atoms with Gasteiger partial charge in [0.05, 0.1) is 5.92 Å². The van der Waals surface area contributed by atoms with Crippen molar-refractivity contribution in [1.29, 1.82) is 0 Å². The van der Waals surface area contributed by atoms with E-state index in [-0.39, 0.29) is 17.9 Å². The first-order valence-electron chi connectivity index (χ1n) is 8.93. The molecule has 0 atom stereocenters. The van der Waals surface area contributed by atoms with Crippen molar-refractivity contribution >= 4 is 11.9 Å². The molecule has 0 unspecified atom stereocenters. The maximum atomic E-state index is 13.3. The number of benzene rings is 2. The summed E-state index contributed by atoms with van der Waals surface area (Å²) in [7, 11) is 3.50. The van der Waals surface area contributed by atoms with Gasteiger partial charge in [-0.2, -0.15) is 0 Å². The largest absolute Gasteiger partial charge is 0.338 e. The fourth-order valence-corrected chi connectivity index (χ4v) is 3.35. The fourth-order valence-electron chi connectivity index (χ4n) is 3.35. The molecule has 2 aromatic carbocycles. The van der Waals surface area contributed by atoms with Gasteiger partial charge in [-0.3, -0.25) is 4.79 Å². The Bertz CT molecular complexity index is 699. The van der Waals surface area contributed by atoms with E-state index in [9.17, 15) is 9.59 Å². The van der Waals surface area contributed by atoms with E-state index in [1.807, 2.05) is 65.6 Å². The average Bonchev–Trinajstić information content (AvgIpc) is 2.69. The number of hydrogen-bond donors (Lipinski definition) is 0. The molecule has 1 fully saturated rings. The van der Waals surface area contributed by atoms with Gasteiger partial charge in [-0.1, -0.05) is 60.7 Å². The van der Waals surface area contributed by atoms with Crippen LogP contribution in [0.3, 0.4) is 0 Å². The minimum Gasteiger partial charge on any atom is -0.338 e. The molecule has 1 aliphatic rings. The second-order valence-electron chi connectivity index (χ2n) is 6.74. The lowest BCUT2D eigenvalue weighted by Crippen LogP contribution is -2.53. The van der Waals surface area contributed by atoms with Gasteiger partial charge in [0.15, 0.2) is 0 Å². The smallest absolute Gasteiger partial charge is 0.319 e. The van der Waals surface area contributed by atoms with Crippen molar-refractivity contribution in [2.24, 2.45) is 0 Å². The van der Waals surface area contributed by atoms with Crippen molar-refractivity contribution < 1.29 is 9.59 Å². The number of hydrogen-bond acceptors (Lipinski definition) is 2. The van der Waals surface area contributed by atoms with Crippen LogP contribution in [0.2, 0.25) is 0 Å². The molecule has 0 bridgehead atoms. The predicted octanol–water partition coefficient (Wildman–Crippen LogP) is 2.64. The normalized spacial score (nSPS) is 14.4. The van der Waals surface area contributed by atoms with Gasteiger partial charge in [0, 0.05) is 40.3 Å². The number of rotatable bonds is 3. The first-order chi connectivity index (χ1) is 12.6. The molecule has 0 aliphatic carbocycles. The van der Waals surface area contributed by atoms with Crippen molar-refractivity contribution in [2.45, 2.75) is 5.92 Å². The van der Waals surface area contributed by atoms with Crippen LogP contribution < -0.4 is 0 Å². The highest BCUT2D eigenvalue weighted by molar-refractivity contribution is 5.87. The lowest BCUT2D eigenvalue weighted by atomic mass is 9.90. The Hall–Kier alpha value is -2.82. The minimum absolute atomic E-state index is 0.000215. The molecule has 0 aromatic heterocycles. The van der Waals surface area contributed by atoms with Crippen LogP contribution >= 0.6 is 0 Å². The number of amides is 3. The standard InChI is InChI=1S/C21H25N3O2/c1-22(2)21(26)24-15-13-23(14-16-24)20(25)19(17-9-5-3-6-10-17)18-11-7-4-8-12-18/h3-12,19H,13-16H2,1-2H3. The molecule has 0 saturated carbocycles. The molecule has 5 heteroatoms. The molecule has 1 aliphatic heterocycles. The van der Waals surface area contributed by atoms with Gasteiger partial charge < -0.3 is 14.7 Å². The first-order valence-corrected chi connectivity index (χ1v) is 8.93. The van der Waals surface area contributed by atoms with Gasteiger partial charge in [-0.05, 0) is 11.1 Å². The Balaban J connectivity index is 1.78. The quantitative estimate of drug-likeness (QED) is 0.853. The van der Waals surface area contributed by atoms with E-state index in [0.29, 0.717) is 26.2 Å². The van der Waals surface area contributed by atoms with Crippen molar-refractivity contribution in [3.8, 4) is 0 Å². The van der Waals surface area contributed by atoms with Gasteiger partial charge in [0.1, 0.15) is 0 Å². The van der Waals surface area contributed by atoms with Crippen LogP contribution in [-0.2, 0) is 4.79 Å². The molecule has 3 rings (SSSR count). The fraction of sp³-hybridized carbons (Fsp3) is 0.333. The van der Waals surface area contributed by atoms with E-state index in [2.05, 4.69) is 0 Å². The number of carbonyl (C=O) groups is 2. The number of urea groups is 1. The topological polar surface area (TPSA) is 43.9 Å². The highest BCUT2D eigenvalue weighted by Crippen LogP contribution is 2.27. The van der Waals surface area contributed by atoms with E-state index in [1.54, 1.807) is 23.9 Å². The molecule has 1 heterocycles. The summed E-state index contributed by atoms with van der Waals surface area (Å²) in [5.41, 5.74) is 1.99. The maximum Gasteiger partial charge on any atom is 0.319 e. The number of carbonyl (C=O) groups excluding carboxylic acids is 2. The van der Waals surface area contributed by atoms with E-state index in [4.69, 9.17) is 0 Å². The Labute approximate surface area is 154 Å². The van der Waals surface area contributed by atoms with Crippen LogP contribution in [-0.4, -0.2) is 66.9 Å². The zero-order chi connectivity index (χ0) is 18.5. The van der Waals surface area contributed by atoms with Gasteiger partial charge in [0.2, 0.25) is 5.91 Å². The summed E-state index contributed by atoms with van der Waals surface area (Å²) in [5, 5.41) is 0. The molecule has 0 spiro atoms. The molecule has 3 amide bonds. The molecule has 26 heavy (non-hydrogen) atoms. The van der Waals surface area contributed by atoms with Gasteiger partial charge in [-0.25, -0.2) is 4.79 Å².